The number of rotatable bonds is 5. The van der Waals surface area contributed by atoms with Gasteiger partial charge in [-0.15, -0.1) is 0 Å². The van der Waals surface area contributed by atoms with E-state index in [9.17, 15) is 18.0 Å². The third-order valence-corrected chi connectivity index (χ3v) is 7.54. The van der Waals surface area contributed by atoms with Gasteiger partial charge in [-0.3, -0.25) is 9.59 Å². The van der Waals surface area contributed by atoms with Crippen LogP contribution in [0.15, 0.2) is 41.4 Å². The van der Waals surface area contributed by atoms with E-state index in [-0.39, 0.29) is 22.4 Å². The van der Waals surface area contributed by atoms with Crippen molar-refractivity contribution in [2.45, 2.75) is 37.0 Å². The van der Waals surface area contributed by atoms with Gasteiger partial charge in [0.2, 0.25) is 15.9 Å². The highest BCUT2D eigenvalue weighted by Crippen LogP contribution is 2.25. The Bertz CT molecular complexity index is 1050. The fourth-order valence-electron chi connectivity index (χ4n) is 4.00. The Hall–Kier alpha value is -2.65. The molecule has 2 aliphatic heterocycles. The van der Waals surface area contributed by atoms with Crippen molar-refractivity contribution < 1.29 is 18.0 Å². The second-order valence-electron chi connectivity index (χ2n) is 7.79. The number of hydrogen-bond acceptors (Lipinski definition) is 4. The molecule has 1 aromatic carbocycles. The molecule has 4 rings (SSSR count). The molecule has 0 atom stereocenters. The predicted molar refractivity (Wildman–Crippen MR) is 114 cm³/mol. The van der Waals surface area contributed by atoms with Gasteiger partial charge in [0.05, 0.1) is 0 Å². The summed E-state index contributed by atoms with van der Waals surface area (Å²) in [5.41, 5.74) is 1.66. The van der Waals surface area contributed by atoms with E-state index >= 15 is 0 Å². The first-order valence-electron chi connectivity index (χ1n) is 10.2. The number of anilines is 2. The van der Waals surface area contributed by atoms with E-state index in [4.69, 9.17) is 0 Å². The highest BCUT2D eigenvalue weighted by molar-refractivity contribution is 7.89. The summed E-state index contributed by atoms with van der Waals surface area (Å²) >= 11 is 0. The summed E-state index contributed by atoms with van der Waals surface area (Å²) in [6.45, 7) is 1.75. The summed E-state index contributed by atoms with van der Waals surface area (Å²) < 4.78 is 28.8. The molecule has 2 aliphatic rings. The zero-order chi connectivity index (χ0) is 21.3. The highest BCUT2D eigenvalue weighted by Gasteiger charge is 2.28. The van der Waals surface area contributed by atoms with Gasteiger partial charge in [-0.1, -0.05) is 6.42 Å². The monoisotopic (exact) mass is 430 g/mol. The van der Waals surface area contributed by atoms with E-state index in [0.717, 1.165) is 31.4 Å². The van der Waals surface area contributed by atoms with Gasteiger partial charge in [0.1, 0.15) is 10.6 Å². The summed E-state index contributed by atoms with van der Waals surface area (Å²) in [4.78, 5) is 26.5. The van der Waals surface area contributed by atoms with E-state index in [1.54, 1.807) is 36.2 Å². The molecule has 2 saturated heterocycles. The van der Waals surface area contributed by atoms with Crippen molar-refractivity contribution in [2.24, 2.45) is 7.05 Å². The zero-order valence-electron chi connectivity index (χ0n) is 17.0. The predicted octanol–water partition coefficient (Wildman–Crippen LogP) is 2.58. The lowest BCUT2D eigenvalue weighted by Gasteiger charge is -2.25. The Labute approximate surface area is 176 Å². The van der Waals surface area contributed by atoms with Gasteiger partial charge in [0.15, 0.2) is 0 Å². The Kier molecular flexibility index (Phi) is 5.66. The van der Waals surface area contributed by atoms with Crippen LogP contribution in [0.1, 0.15) is 42.6 Å². The van der Waals surface area contributed by atoms with Gasteiger partial charge >= 0.3 is 0 Å². The standard InChI is InChI=1S/C21H26N4O4S/c1-23-15-18(30(28,29)24-11-3-2-4-12-24)14-19(23)21(27)22-16-7-9-17(10-8-16)25-13-5-6-20(25)26/h7-10,14-15H,2-6,11-13H2,1H3,(H,22,27). The van der Waals surface area contributed by atoms with Crippen LogP contribution in [-0.4, -0.2) is 48.7 Å². The van der Waals surface area contributed by atoms with E-state index in [1.807, 2.05) is 0 Å². The lowest BCUT2D eigenvalue weighted by Crippen LogP contribution is -2.35. The van der Waals surface area contributed by atoms with E-state index in [2.05, 4.69) is 5.32 Å². The molecule has 9 heteroatoms. The molecule has 2 aromatic rings. The molecule has 160 valence electrons. The van der Waals surface area contributed by atoms with Crippen LogP contribution >= 0.6 is 0 Å². The fraction of sp³-hybridized carbons (Fsp3) is 0.429. The van der Waals surface area contributed by atoms with Crippen LogP contribution in [0.4, 0.5) is 11.4 Å². The van der Waals surface area contributed by atoms with Crippen molar-refractivity contribution in [2.75, 3.05) is 29.9 Å². The van der Waals surface area contributed by atoms with Gasteiger partial charge in [0.25, 0.3) is 5.91 Å². The van der Waals surface area contributed by atoms with Crippen LogP contribution in [0, 0.1) is 0 Å². The average Bonchev–Trinajstić information content (AvgIpc) is 3.35. The van der Waals surface area contributed by atoms with Gasteiger partial charge in [0, 0.05) is 50.7 Å². The molecule has 1 aromatic heterocycles. The summed E-state index contributed by atoms with van der Waals surface area (Å²) in [6.07, 6.45) is 5.67. The first-order valence-corrected chi connectivity index (χ1v) is 11.7. The molecule has 8 nitrogen and oxygen atoms in total. The topological polar surface area (TPSA) is 91.7 Å². The number of aromatic nitrogens is 1. The minimum absolute atomic E-state index is 0.109. The van der Waals surface area contributed by atoms with Crippen LogP contribution in [0.3, 0.4) is 0 Å². The van der Waals surface area contributed by atoms with Crippen molar-refractivity contribution in [3.8, 4) is 0 Å². The molecular weight excluding hydrogens is 404 g/mol. The maximum Gasteiger partial charge on any atom is 0.272 e. The maximum atomic E-state index is 12.9. The molecule has 0 spiro atoms. The number of hydrogen-bond donors (Lipinski definition) is 1. The van der Waals surface area contributed by atoms with Crippen LogP contribution < -0.4 is 10.2 Å². The van der Waals surface area contributed by atoms with Gasteiger partial charge in [-0.25, -0.2) is 8.42 Å². The first kappa shape index (κ1) is 20.6. The van der Waals surface area contributed by atoms with E-state index in [1.165, 1.54) is 21.1 Å². The Morgan fingerprint density at radius 3 is 2.33 bits per heavy atom. The normalized spacial score (nSPS) is 18.0. The molecule has 1 N–H and O–H groups in total. The summed E-state index contributed by atoms with van der Waals surface area (Å²) in [5, 5.41) is 2.80. The van der Waals surface area contributed by atoms with Crippen LogP contribution in [0.2, 0.25) is 0 Å². The molecule has 0 radical (unpaired) electrons. The SMILES string of the molecule is Cn1cc(S(=O)(=O)N2CCCCC2)cc1C(=O)Nc1ccc(N2CCCC2=O)cc1. The van der Waals surface area contributed by atoms with E-state index in [0.29, 0.717) is 31.7 Å². The first-order chi connectivity index (χ1) is 14.4. The molecular formula is C21H26N4O4S. The lowest BCUT2D eigenvalue weighted by molar-refractivity contribution is -0.117. The number of aryl methyl sites for hydroxylation is 1. The molecule has 0 aliphatic carbocycles. The van der Waals surface area contributed by atoms with Crippen molar-refractivity contribution in [3.63, 3.8) is 0 Å². The van der Waals surface area contributed by atoms with Crippen molar-refractivity contribution in [1.82, 2.24) is 8.87 Å². The van der Waals surface area contributed by atoms with Crippen molar-refractivity contribution in [1.29, 1.82) is 0 Å². The molecule has 3 heterocycles. The smallest absolute Gasteiger partial charge is 0.272 e. The molecule has 2 amide bonds. The highest BCUT2D eigenvalue weighted by atomic mass is 32.2. The number of benzene rings is 1. The minimum Gasteiger partial charge on any atom is -0.345 e. The lowest BCUT2D eigenvalue weighted by atomic mass is 10.2. The molecule has 30 heavy (non-hydrogen) atoms. The number of piperidine rings is 1. The fourth-order valence-corrected chi connectivity index (χ4v) is 5.59. The maximum absolute atomic E-state index is 12.9. The quantitative estimate of drug-likeness (QED) is 0.789. The summed E-state index contributed by atoms with van der Waals surface area (Å²) in [6, 6.07) is 8.52. The molecule has 0 bridgehead atoms. The van der Waals surface area contributed by atoms with Crippen molar-refractivity contribution in [3.05, 3.63) is 42.2 Å². The number of nitrogens with zero attached hydrogens (tertiary/aromatic N) is 3. The number of amides is 2. The Morgan fingerprint density at radius 2 is 1.70 bits per heavy atom. The number of carbonyl (C=O) groups excluding carboxylic acids is 2. The third-order valence-electron chi connectivity index (χ3n) is 5.68. The van der Waals surface area contributed by atoms with Crippen LogP contribution in [0.25, 0.3) is 0 Å². The molecule has 0 unspecified atom stereocenters. The zero-order valence-corrected chi connectivity index (χ0v) is 17.8. The van der Waals surface area contributed by atoms with Gasteiger partial charge in [-0.2, -0.15) is 4.31 Å². The Balaban J connectivity index is 1.48. The molecule has 0 saturated carbocycles. The Morgan fingerprint density at radius 1 is 1.00 bits per heavy atom. The van der Waals surface area contributed by atoms with E-state index < -0.39 is 10.0 Å². The summed E-state index contributed by atoms with van der Waals surface area (Å²) in [5.74, 6) is -0.277. The average molecular weight is 431 g/mol. The van der Waals surface area contributed by atoms with Crippen LogP contribution in [0.5, 0.6) is 0 Å². The van der Waals surface area contributed by atoms with Crippen molar-refractivity contribution >= 4 is 33.2 Å². The second kappa shape index (κ2) is 8.23. The van der Waals surface area contributed by atoms with Crippen LogP contribution in [-0.2, 0) is 21.9 Å². The third kappa shape index (κ3) is 3.99. The summed E-state index contributed by atoms with van der Waals surface area (Å²) in [7, 11) is -1.94. The number of nitrogens with one attached hydrogen (secondary N) is 1. The minimum atomic E-state index is -3.60. The van der Waals surface area contributed by atoms with Gasteiger partial charge < -0.3 is 14.8 Å². The largest absolute Gasteiger partial charge is 0.345 e. The van der Waals surface area contributed by atoms with Gasteiger partial charge in [-0.05, 0) is 49.6 Å². The molecule has 2 fully saturated rings. The number of carbonyl (C=O) groups is 2. The second-order valence-corrected chi connectivity index (χ2v) is 9.72. The number of sulfonamides is 1.